The fourth-order valence-electron chi connectivity index (χ4n) is 2.34. The number of carbonyl (C=O) groups excluding carboxylic acids is 1. The Kier molecular flexibility index (Phi) is 4.72. The second kappa shape index (κ2) is 6.34. The summed E-state index contributed by atoms with van der Waals surface area (Å²) in [5.41, 5.74) is -0.171. The molecule has 1 fully saturated rings. The molecule has 0 spiro atoms. The molecule has 21 heavy (non-hydrogen) atoms. The van der Waals surface area contributed by atoms with E-state index in [4.69, 9.17) is 4.74 Å². The first-order valence-corrected chi connectivity index (χ1v) is 7.89. The molecule has 1 aliphatic carbocycles. The van der Waals surface area contributed by atoms with Gasteiger partial charge in [-0.2, -0.15) is 11.8 Å². The van der Waals surface area contributed by atoms with Crippen LogP contribution in [0, 0.1) is 10.1 Å². The molecule has 0 atom stereocenters. The number of benzene rings is 1. The zero-order chi connectivity index (χ0) is 15.5. The Hall–Kier alpha value is -1.76. The van der Waals surface area contributed by atoms with Crippen molar-refractivity contribution in [2.75, 3.05) is 19.9 Å². The normalized spacial score (nSPS) is 15.9. The molecular weight excluding hydrogens is 292 g/mol. The third kappa shape index (κ3) is 3.29. The minimum Gasteiger partial charge on any atom is -0.497 e. The van der Waals surface area contributed by atoms with Crippen molar-refractivity contribution < 1.29 is 14.5 Å². The Bertz CT molecular complexity index is 552. The first-order chi connectivity index (χ1) is 10.0. The number of rotatable bonds is 6. The van der Waals surface area contributed by atoms with Gasteiger partial charge in [0.15, 0.2) is 0 Å². The Balaban J connectivity index is 2.15. The van der Waals surface area contributed by atoms with E-state index in [0.717, 1.165) is 19.3 Å². The van der Waals surface area contributed by atoms with Gasteiger partial charge in [0.05, 0.1) is 12.0 Å². The fourth-order valence-corrected chi connectivity index (χ4v) is 3.26. The fraction of sp³-hybridized carbons (Fsp3) is 0.500. The highest BCUT2D eigenvalue weighted by Gasteiger charge is 2.36. The molecule has 0 aliphatic heterocycles. The monoisotopic (exact) mass is 310 g/mol. The molecule has 6 nitrogen and oxygen atoms in total. The number of nitrogens with zero attached hydrogens (tertiary/aromatic N) is 1. The quantitative estimate of drug-likeness (QED) is 0.645. The number of methoxy groups -OCH3 is 1. The van der Waals surface area contributed by atoms with Crippen molar-refractivity contribution >= 4 is 23.4 Å². The van der Waals surface area contributed by atoms with Gasteiger partial charge in [0.25, 0.3) is 11.6 Å². The summed E-state index contributed by atoms with van der Waals surface area (Å²) in [6, 6.07) is 4.17. The van der Waals surface area contributed by atoms with Gasteiger partial charge in [-0.1, -0.05) is 6.42 Å². The summed E-state index contributed by atoms with van der Waals surface area (Å²) in [6.07, 6.45) is 5.32. The van der Waals surface area contributed by atoms with E-state index < -0.39 is 10.8 Å². The van der Waals surface area contributed by atoms with E-state index in [1.54, 1.807) is 11.8 Å². The molecule has 0 saturated heterocycles. The van der Waals surface area contributed by atoms with E-state index in [1.807, 2.05) is 6.26 Å². The first-order valence-electron chi connectivity index (χ1n) is 6.67. The number of carbonyl (C=O) groups is 1. The smallest absolute Gasteiger partial charge is 0.282 e. The van der Waals surface area contributed by atoms with Crippen molar-refractivity contribution in [1.29, 1.82) is 0 Å². The lowest BCUT2D eigenvalue weighted by Gasteiger charge is -2.40. The SMILES string of the molecule is COc1ccc([N+](=O)[O-])c(C(=O)NCC2(SC)CCC2)c1. The van der Waals surface area contributed by atoms with Crippen molar-refractivity contribution in [1.82, 2.24) is 5.32 Å². The summed E-state index contributed by atoms with van der Waals surface area (Å²) in [5.74, 6) is -0.00472. The lowest BCUT2D eigenvalue weighted by atomic mass is 9.84. The van der Waals surface area contributed by atoms with Crippen LogP contribution in [0.15, 0.2) is 18.2 Å². The Morgan fingerprint density at radius 1 is 1.52 bits per heavy atom. The van der Waals surface area contributed by atoms with Crippen LogP contribution >= 0.6 is 11.8 Å². The number of ether oxygens (including phenoxy) is 1. The van der Waals surface area contributed by atoms with Crippen LogP contribution in [0.5, 0.6) is 5.75 Å². The van der Waals surface area contributed by atoms with E-state index in [9.17, 15) is 14.9 Å². The molecule has 1 N–H and O–H groups in total. The van der Waals surface area contributed by atoms with Gasteiger partial charge >= 0.3 is 0 Å². The molecule has 2 rings (SSSR count). The van der Waals surface area contributed by atoms with Crippen LogP contribution in [0.1, 0.15) is 29.6 Å². The number of nitrogens with one attached hydrogen (secondary N) is 1. The molecule has 0 radical (unpaired) electrons. The molecule has 0 heterocycles. The number of hydrogen-bond donors (Lipinski definition) is 1. The topological polar surface area (TPSA) is 81.5 Å². The number of nitro benzene ring substituents is 1. The zero-order valence-corrected chi connectivity index (χ0v) is 12.9. The van der Waals surface area contributed by atoms with Crippen molar-refractivity contribution in [3.05, 3.63) is 33.9 Å². The maximum absolute atomic E-state index is 12.3. The lowest BCUT2D eigenvalue weighted by Crippen LogP contribution is -2.45. The van der Waals surface area contributed by atoms with Crippen molar-refractivity contribution in [3.8, 4) is 5.75 Å². The number of amides is 1. The molecule has 114 valence electrons. The third-order valence-electron chi connectivity index (χ3n) is 3.91. The molecule has 1 aromatic rings. The van der Waals surface area contributed by atoms with Crippen molar-refractivity contribution in [2.45, 2.75) is 24.0 Å². The Labute approximate surface area is 127 Å². The summed E-state index contributed by atoms with van der Waals surface area (Å²) >= 11 is 1.74. The molecule has 1 aliphatic rings. The summed E-state index contributed by atoms with van der Waals surface area (Å²) < 4.78 is 5.12. The molecule has 1 saturated carbocycles. The van der Waals surface area contributed by atoms with E-state index in [2.05, 4.69) is 5.32 Å². The second-order valence-corrected chi connectivity index (χ2v) is 6.34. The van der Waals surface area contributed by atoms with Crippen LogP contribution in [0.3, 0.4) is 0 Å². The van der Waals surface area contributed by atoms with Crippen LogP contribution < -0.4 is 10.1 Å². The largest absolute Gasteiger partial charge is 0.497 e. The average molecular weight is 310 g/mol. The molecule has 0 aromatic heterocycles. The summed E-state index contributed by atoms with van der Waals surface area (Å²) in [6.45, 7) is 0.529. The van der Waals surface area contributed by atoms with Crippen LogP contribution in [-0.2, 0) is 0 Å². The predicted octanol–water partition coefficient (Wildman–Crippen LogP) is 2.62. The summed E-state index contributed by atoms with van der Waals surface area (Å²) in [4.78, 5) is 22.7. The molecule has 0 unspecified atom stereocenters. The predicted molar refractivity (Wildman–Crippen MR) is 82.1 cm³/mol. The number of thioether (sulfide) groups is 1. The summed E-state index contributed by atoms with van der Waals surface area (Å²) in [7, 11) is 1.46. The van der Waals surface area contributed by atoms with Crippen LogP contribution in [-0.4, -0.2) is 35.5 Å². The van der Waals surface area contributed by atoms with Crippen LogP contribution in [0.4, 0.5) is 5.69 Å². The van der Waals surface area contributed by atoms with Gasteiger partial charge in [-0.3, -0.25) is 14.9 Å². The lowest BCUT2D eigenvalue weighted by molar-refractivity contribution is -0.385. The van der Waals surface area contributed by atoms with Gasteiger partial charge < -0.3 is 10.1 Å². The highest BCUT2D eigenvalue weighted by Crippen LogP contribution is 2.42. The minimum absolute atomic E-state index is 0.0370. The van der Waals surface area contributed by atoms with Gasteiger partial charge in [0.2, 0.25) is 0 Å². The standard InChI is InChI=1S/C14H18N2O4S/c1-20-10-4-5-12(16(18)19)11(8-10)13(17)15-9-14(21-2)6-3-7-14/h4-5,8H,3,6-7,9H2,1-2H3,(H,15,17). The van der Waals surface area contributed by atoms with Gasteiger partial charge in [0.1, 0.15) is 11.3 Å². The van der Waals surface area contributed by atoms with Gasteiger partial charge in [0, 0.05) is 17.4 Å². The number of nitro groups is 1. The second-order valence-electron chi connectivity index (χ2n) is 5.06. The first kappa shape index (κ1) is 15.6. The highest BCUT2D eigenvalue weighted by atomic mass is 32.2. The maximum Gasteiger partial charge on any atom is 0.282 e. The summed E-state index contributed by atoms with van der Waals surface area (Å²) in [5, 5.41) is 13.9. The molecular formula is C14H18N2O4S. The van der Waals surface area contributed by atoms with Crippen molar-refractivity contribution in [3.63, 3.8) is 0 Å². The highest BCUT2D eigenvalue weighted by molar-refractivity contribution is 8.00. The van der Waals surface area contributed by atoms with E-state index >= 15 is 0 Å². The minimum atomic E-state index is -0.554. The molecule has 7 heteroatoms. The Morgan fingerprint density at radius 2 is 2.24 bits per heavy atom. The van der Waals surface area contributed by atoms with Crippen molar-refractivity contribution in [2.24, 2.45) is 0 Å². The third-order valence-corrected chi connectivity index (χ3v) is 5.33. The molecule has 1 aromatic carbocycles. The molecule has 1 amide bonds. The zero-order valence-electron chi connectivity index (χ0n) is 12.0. The maximum atomic E-state index is 12.3. The van der Waals surface area contributed by atoms with Gasteiger partial charge in [-0.25, -0.2) is 0 Å². The average Bonchev–Trinajstić information content (AvgIpc) is 2.45. The van der Waals surface area contributed by atoms with E-state index in [1.165, 1.54) is 25.3 Å². The van der Waals surface area contributed by atoms with E-state index in [-0.39, 0.29) is 16.0 Å². The van der Waals surface area contributed by atoms with Crippen LogP contribution in [0.2, 0.25) is 0 Å². The Morgan fingerprint density at radius 3 is 2.71 bits per heavy atom. The van der Waals surface area contributed by atoms with Gasteiger partial charge in [-0.05, 0) is 31.2 Å². The van der Waals surface area contributed by atoms with Gasteiger partial charge in [-0.15, -0.1) is 0 Å². The number of hydrogen-bond acceptors (Lipinski definition) is 5. The molecule has 0 bridgehead atoms. The van der Waals surface area contributed by atoms with Crippen LogP contribution in [0.25, 0.3) is 0 Å². The van der Waals surface area contributed by atoms with E-state index in [0.29, 0.717) is 12.3 Å².